The molecule has 0 saturated carbocycles. The van der Waals surface area contributed by atoms with Gasteiger partial charge >= 0.3 is 0 Å². The molecule has 2 atom stereocenters. The number of nitrogens with two attached hydrogens (primary N) is 1. The van der Waals surface area contributed by atoms with Gasteiger partial charge in [-0.15, -0.1) is 24.0 Å². The van der Waals surface area contributed by atoms with Crippen LogP contribution in [0.1, 0.15) is 32.1 Å². The number of methoxy groups -OCH3 is 1. The third-order valence-corrected chi connectivity index (χ3v) is 5.10. The molecule has 0 radical (unpaired) electrons. The van der Waals surface area contributed by atoms with Crippen molar-refractivity contribution in [2.24, 2.45) is 16.6 Å². The molecule has 0 spiro atoms. The van der Waals surface area contributed by atoms with Crippen molar-refractivity contribution in [3.05, 3.63) is 0 Å². The van der Waals surface area contributed by atoms with Crippen LogP contribution in [0.4, 0.5) is 0 Å². The number of guanidine groups is 1. The van der Waals surface area contributed by atoms with Crippen molar-refractivity contribution >= 4 is 35.8 Å². The van der Waals surface area contributed by atoms with Gasteiger partial charge in [0.15, 0.2) is 5.96 Å². The van der Waals surface area contributed by atoms with E-state index < -0.39 is 0 Å². The van der Waals surface area contributed by atoms with Crippen LogP contribution in [-0.4, -0.2) is 81.2 Å². The highest BCUT2D eigenvalue weighted by Crippen LogP contribution is 2.20. The summed E-state index contributed by atoms with van der Waals surface area (Å²) in [6.45, 7) is 5.69. The van der Waals surface area contributed by atoms with E-state index in [1.807, 2.05) is 7.05 Å². The van der Waals surface area contributed by atoms with E-state index in [0.29, 0.717) is 18.4 Å². The minimum absolute atomic E-state index is 0. The van der Waals surface area contributed by atoms with E-state index >= 15 is 0 Å². The first-order valence-electron chi connectivity index (χ1n) is 9.11. The number of halogens is 1. The van der Waals surface area contributed by atoms with Crippen molar-refractivity contribution in [2.75, 3.05) is 53.5 Å². The maximum absolute atomic E-state index is 11.2. The van der Waals surface area contributed by atoms with Crippen molar-refractivity contribution in [3.8, 4) is 0 Å². The Bertz CT molecular complexity index is 435. The number of aliphatic imine (C=N–C) groups is 1. The number of primary amides is 1. The van der Waals surface area contributed by atoms with E-state index in [4.69, 9.17) is 10.5 Å². The Hall–Kier alpha value is -0.610. The molecular formula is C17H34IN5O2. The average molecular weight is 467 g/mol. The Morgan fingerprint density at radius 3 is 2.76 bits per heavy atom. The SMILES string of the molecule is CN=C(NCC1CCCN1CCOC)N1CCCC(CC(N)=O)C1.I. The summed E-state index contributed by atoms with van der Waals surface area (Å²) >= 11 is 0. The molecule has 2 heterocycles. The summed E-state index contributed by atoms with van der Waals surface area (Å²) in [6, 6.07) is 0.545. The lowest BCUT2D eigenvalue weighted by Gasteiger charge is -2.35. The van der Waals surface area contributed by atoms with Gasteiger partial charge in [-0.25, -0.2) is 0 Å². The van der Waals surface area contributed by atoms with Gasteiger partial charge in [0.25, 0.3) is 0 Å². The highest BCUT2D eigenvalue weighted by Gasteiger charge is 2.26. The van der Waals surface area contributed by atoms with Gasteiger partial charge in [-0.2, -0.15) is 0 Å². The van der Waals surface area contributed by atoms with E-state index in [-0.39, 0.29) is 29.9 Å². The summed E-state index contributed by atoms with van der Waals surface area (Å²) < 4.78 is 5.21. The second-order valence-electron chi connectivity index (χ2n) is 6.88. The summed E-state index contributed by atoms with van der Waals surface area (Å²) in [5.74, 6) is 1.09. The van der Waals surface area contributed by atoms with Gasteiger partial charge in [-0.05, 0) is 38.1 Å². The van der Waals surface area contributed by atoms with Crippen molar-refractivity contribution in [3.63, 3.8) is 0 Å². The van der Waals surface area contributed by atoms with Crippen molar-refractivity contribution in [2.45, 2.75) is 38.1 Å². The number of piperidine rings is 1. The average Bonchev–Trinajstić information content (AvgIpc) is 3.00. The van der Waals surface area contributed by atoms with Gasteiger partial charge in [0, 0.05) is 52.8 Å². The molecule has 2 aliphatic heterocycles. The maximum atomic E-state index is 11.2. The predicted molar refractivity (Wildman–Crippen MR) is 111 cm³/mol. The normalized spacial score (nSPS) is 24.9. The summed E-state index contributed by atoms with van der Waals surface area (Å²) in [5.41, 5.74) is 5.35. The monoisotopic (exact) mass is 467 g/mol. The molecule has 2 rings (SSSR count). The van der Waals surface area contributed by atoms with Crippen molar-refractivity contribution < 1.29 is 9.53 Å². The molecule has 0 aromatic carbocycles. The van der Waals surface area contributed by atoms with E-state index in [1.54, 1.807) is 7.11 Å². The van der Waals surface area contributed by atoms with Gasteiger partial charge in [-0.3, -0.25) is 14.7 Å². The molecule has 25 heavy (non-hydrogen) atoms. The van der Waals surface area contributed by atoms with Crippen LogP contribution in [0.15, 0.2) is 4.99 Å². The Morgan fingerprint density at radius 1 is 1.32 bits per heavy atom. The number of carbonyl (C=O) groups is 1. The topological polar surface area (TPSA) is 83.2 Å². The molecule has 2 fully saturated rings. The largest absolute Gasteiger partial charge is 0.383 e. The van der Waals surface area contributed by atoms with E-state index in [9.17, 15) is 4.79 Å². The highest BCUT2D eigenvalue weighted by atomic mass is 127. The Balaban J connectivity index is 0.00000312. The van der Waals surface area contributed by atoms with Crippen molar-refractivity contribution in [1.29, 1.82) is 0 Å². The lowest BCUT2D eigenvalue weighted by molar-refractivity contribution is -0.119. The molecule has 0 aliphatic carbocycles. The van der Waals surface area contributed by atoms with Crippen LogP contribution in [0.2, 0.25) is 0 Å². The minimum atomic E-state index is -0.204. The third kappa shape index (κ3) is 7.26. The summed E-state index contributed by atoms with van der Waals surface area (Å²) in [4.78, 5) is 20.4. The van der Waals surface area contributed by atoms with Crippen LogP contribution >= 0.6 is 24.0 Å². The fraction of sp³-hybridized carbons (Fsp3) is 0.882. The Labute approximate surface area is 168 Å². The summed E-state index contributed by atoms with van der Waals surface area (Å²) in [5, 5.41) is 3.54. The fourth-order valence-corrected chi connectivity index (χ4v) is 3.88. The molecule has 3 N–H and O–H groups in total. The predicted octanol–water partition coefficient (Wildman–Crippen LogP) is 0.878. The lowest BCUT2D eigenvalue weighted by atomic mass is 9.95. The third-order valence-electron chi connectivity index (χ3n) is 5.10. The second-order valence-corrected chi connectivity index (χ2v) is 6.88. The van der Waals surface area contributed by atoms with Gasteiger partial charge in [0.1, 0.15) is 0 Å². The molecule has 7 nitrogen and oxygen atoms in total. The molecule has 2 saturated heterocycles. The van der Waals surface area contributed by atoms with Crippen LogP contribution in [0.5, 0.6) is 0 Å². The zero-order chi connectivity index (χ0) is 17.4. The molecule has 0 bridgehead atoms. The molecule has 8 heteroatoms. The van der Waals surface area contributed by atoms with Crippen LogP contribution in [0.25, 0.3) is 0 Å². The van der Waals surface area contributed by atoms with Gasteiger partial charge < -0.3 is 20.7 Å². The number of amides is 1. The Morgan fingerprint density at radius 2 is 2.08 bits per heavy atom. The van der Waals surface area contributed by atoms with Gasteiger partial charge in [0.05, 0.1) is 6.61 Å². The minimum Gasteiger partial charge on any atom is -0.383 e. The number of likely N-dealkylation sites (tertiary alicyclic amines) is 2. The standard InChI is InChI=1S/C17H33N5O2.HI/c1-19-17(22-8-3-5-14(13-22)11-16(18)23)20-12-15-6-4-7-21(15)9-10-24-2;/h14-15H,3-13H2,1-2H3,(H2,18,23)(H,19,20);1H. The molecular weight excluding hydrogens is 433 g/mol. The zero-order valence-corrected chi connectivity index (χ0v) is 17.9. The fourth-order valence-electron chi connectivity index (χ4n) is 3.88. The molecule has 146 valence electrons. The maximum Gasteiger partial charge on any atom is 0.217 e. The van der Waals surface area contributed by atoms with Crippen LogP contribution in [0, 0.1) is 5.92 Å². The first kappa shape index (κ1) is 22.4. The quantitative estimate of drug-likeness (QED) is 0.330. The number of rotatable bonds is 7. The molecule has 0 aromatic heterocycles. The van der Waals surface area contributed by atoms with Gasteiger partial charge in [-0.1, -0.05) is 0 Å². The Kier molecular flexibility index (Phi) is 10.7. The van der Waals surface area contributed by atoms with Crippen molar-refractivity contribution in [1.82, 2.24) is 15.1 Å². The number of carbonyl (C=O) groups excluding carboxylic acids is 1. The molecule has 2 aliphatic rings. The van der Waals surface area contributed by atoms with E-state index in [1.165, 1.54) is 12.8 Å². The first-order valence-corrected chi connectivity index (χ1v) is 9.11. The van der Waals surface area contributed by atoms with Crippen LogP contribution < -0.4 is 11.1 Å². The van der Waals surface area contributed by atoms with Gasteiger partial charge in [0.2, 0.25) is 5.91 Å². The van der Waals surface area contributed by atoms with Crippen LogP contribution in [-0.2, 0) is 9.53 Å². The highest BCUT2D eigenvalue weighted by molar-refractivity contribution is 14.0. The lowest BCUT2D eigenvalue weighted by Crippen LogP contribution is -2.50. The number of nitrogens with zero attached hydrogens (tertiary/aromatic N) is 3. The van der Waals surface area contributed by atoms with Crippen LogP contribution in [0.3, 0.4) is 0 Å². The number of nitrogens with one attached hydrogen (secondary N) is 1. The molecule has 0 aromatic rings. The summed E-state index contributed by atoms with van der Waals surface area (Å²) in [6.07, 6.45) is 5.10. The number of ether oxygens (including phenoxy) is 1. The second kappa shape index (κ2) is 11.9. The smallest absolute Gasteiger partial charge is 0.217 e. The number of hydrogen-bond donors (Lipinski definition) is 2. The first-order chi connectivity index (χ1) is 11.6. The van der Waals surface area contributed by atoms with E-state index in [0.717, 1.165) is 58.1 Å². The summed E-state index contributed by atoms with van der Waals surface area (Å²) in [7, 11) is 3.58. The molecule has 2 unspecified atom stereocenters. The molecule has 1 amide bonds. The van der Waals surface area contributed by atoms with E-state index in [2.05, 4.69) is 20.1 Å². The number of hydrogen-bond acceptors (Lipinski definition) is 4. The zero-order valence-electron chi connectivity index (χ0n) is 15.6.